The molecule has 13 heavy (non-hydrogen) atoms. The minimum atomic E-state index is -4.43. The van der Waals surface area contributed by atoms with Crippen LogP contribution in [0.2, 0.25) is 0 Å². The molecule has 0 aromatic carbocycles. The summed E-state index contributed by atoms with van der Waals surface area (Å²) in [4.78, 5) is 3.39. The van der Waals surface area contributed by atoms with Crippen molar-refractivity contribution >= 4 is 34.2 Å². The molecule has 0 N–H and O–H groups in total. The van der Waals surface area contributed by atoms with Crippen LogP contribution in [0.4, 0.5) is 13.2 Å². The topological polar surface area (TPSA) is 12.9 Å². The van der Waals surface area contributed by atoms with Gasteiger partial charge in [0.2, 0.25) is 0 Å². The zero-order valence-electron chi connectivity index (χ0n) is 6.20. The molecule has 0 radical (unpaired) electrons. The van der Waals surface area contributed by atoms with Crippen LogP contribution in [-0.4, -0.2) is 4.98 Å². The van der Waals surface area contributed by atoms with Gasteiger partial charge in [-0.25, -0.2) is 4.98 Å². The summed E-state index contributed by atoms with van der Waals surface area (Å²) in [6, 6.07) is 2.83. The molecule has 1 rings (SSSR count). The molecule has 1 heterocycles. The summed E-state index contributed by atoms with van der Waals surface area (Å²) in [5.41, 5.74) is -0.885. The van der Waals surface area contributed by atoms with E-state index in [2.05, 4.69) is 4.98 Å². The summed E-state index contributed by atoms with van der Waals surface area (Å²) < 4.78 is 37.2. The highest BCUT2D eigenvalue weighted by Crippen LogP contribution is 2.31. The lowest BCUT2D eigenvalue weighted by atomic mass is 10.2. The summed E-state index contributed by atoms with van der Waals surface area (Å²) in [6.45, 7) is 0. The van der Waals surface area contributed by atoms with E-state index in [0.29, 0.717) is 3.70 Å². The van der Waals surface area contributed by atoms with Gasteiger partial charge >= 0.3 is 6.18 Å². The van der Waals surface area contributed by atoms with Crippen molar-refractivity contribution in [2.45, 2.75) is 12.1 Å². The second kappa shape index (κ2) is 4.00. The molecule has 72 valence electrons. The van der Waals surface area contributed by atoms with E-state index in [1.54, 1.807) is 22.6 Å². The molecule has 0 aliphatic carbocycles. The highest BCUT2D eigenvalue weighted by atomic mass is 127. The maximum Gasteiger partial charge on any atom is 0.433 e. The number of halogens is 5. The van der Waals surface area contributed by atoms with Gasteiger partial charge in [-0.2, -0.15) is 13.2 Å². The molecule has 0 atom stereocenters. The van der Waals surface area contributed by atoms with E-state index in [1.807, 2.05) is 0 Å². The van der Waals surface area contributed by atoms with Crippen LogP contribution in [0.1, 0.15) is 11.3 Å². The van der Waals surface area contributed by atoms with Crippen LogP contribution in [0.3, 0.4) is 0 Å². The molecule has 0 fully saturated rings. The number of aromatic nitrogens is 1. The minimum absolute atomic E-state index is 0.00887. The van der Waals surface area contributed by atoms with Gasteiger partial charge in [0.1, 0.15) is 9.39 Å². The molecule has 6 heteroatoms. The van der Waals surface area contributed by atoms with Gasteiger partial charge in [-0.3, -0.25) is 0 Å². The molecule has 1 aromatic heterocycles. The molecular weight excluding hydrogens is 317 g/mol. The Bertz CT molecular complexity index is 313. The predicted octanol–water partition coefficient (Wildman–Crippen LogP) is 3.44. The number of rotatable bonds is 1. The summed E-state index contributed by atoms with van der Waals surface area (Å²) in [7, 11) is 0. The second-order valence-electron chi connectivity index (χ2n) is 2.27. The van der Waals surface area contributed by atoms with E-state index < -0.39 is 11.9 Å². The molecule has 0 unspecified atom stereocenters. The molecule has 0 saturated carbocycles. The highest BCUT2D eigenvalue weighted by molar-refractivity contribution is 14.1. The van der Waals surface area contributed by atoms with Crippen molar-refractivity contribution in [1.29, 1.82) is 0 Å². The zero-order chi connectivity index (χ0) is 10.1. The van der Waals surface area contributed by atoms with Crippen LogP contribution in [-0.2, 0) is 12.1 Å². The number of pyridine rings is 1. The van der Waals surface area contributed by atoms with Crippen molar-refractivity contribution < 1.29 is 13.2 Å². The lowest BCUT2D eigenvalue weighted by Crippen LogP contribution is -2.12. The molecule has 0 amide bonds. The van der Waals surface area contributed by atoms with Crippen molar-refractivity contribution in [3.8, 4) is 0 Å². The van der Waals surface area contributed by atoms with E-state index >= 15 is 0 Å². The Morgan fingerprint density at radius 1 is 1.38 bits per heavy atom. The van der Waals surface area contributed by atoms with E-state index in [1.165, 1.54) is 12.1 Å². The predicted molar refractivity (Wildman–Crippen MR) is 51.5 cm³/mol. The van der Waals surface area contributed by atoms with Crippen molar-refractivity contribution in [2.75, 3.05) is 0 Å². The number of hydrogen-bond donors (Lipinski definition) is 0. The molecule has 0 aliphatic rings. The standard InChI is InChI=1S/C7H4ClF3IN/c8-3-4-1-2-5(12)13-6(4)7(9,10)11/h1-2H,3H2. The van der Waals surface area contributed by atoms with Gasteiger partial charge in [-0.05, 0) is 34.2 Å². The van der Waals surface area contributed by atoms with Gasteiger partial charge in [-0.15, -0.1) is 11.6 Å². The Morgan fingerprint density at radius 3 is 2.46 bits per heavy atom. The van der Waals surface area contributed by atoms with Crippen molar-refractivity contribution in [3.63, 3.8) is 0 Å². The van der Waals surface area contributed by atoms with E-state index in [4.69, 9.17) is 11.6 Å². The average molecular weight is 321 g/mol. The lowest BCUT2D eigenvalue weighted by molar-refractivity contribution is -0.141. The van der Waals surface area contributed by atoms with E-state index in [0.717, 1.165) is 0 Å². The van der Waals surface area contributed by atoms with Crippen molar-refractivity contribution in [3.05, 3.63) is 27.1 Å². The van der Waals surface area contributed by atoms with Crippen LogP contribution < -0.4 is 0 Å². The highest BCUT2D eigenvalue weighted by Gasteiger charge is 2.35. The van der Waals surface area contributed by atoms with Gasteiger partial charge in [0, 0.05) is 5.88 Å². The Balaban J connectivity index is 3.24. The van der Waals surface area contributed by atoms with Crippen LogP contribution in [0, 0.1) is 3.70 Å². The monoisotopic (exact) mass is 321 g/mol. The maximum absolute atomic E-state index is 12.3. The zero-order valence-corrected chi connectivity index (χ0v) is 9.11. The summed E-state index contributed by atoms with van der Waals surface area (Å²) in [6.07, 6.45) is -4.43. The van der Waals surface area contributed by atoms with E-state index in [9.17, 15) is 13.2 Å². The first-order valence-corrected chi connectivity index (χ1v) is 4.85. The van der Waals surface area contributed by atoms with Crippen LogP contribution in [0.15, 0.2) is 12.1 Å². The Labute approximate surface area is 91.4 Å². The minimum Gasteiger partial charge on any atom is -0.237 e. The maximum atomic E-state index is 12.3. The summed E-state index contributed by atoms with van der Waals surface area (Å²) in [5.74, 6) is -0.182. The number of nitrogens with zero attached hydrogens (tertiary/aromatic N) is 1. The van der Waals surface area contributed by atoms with Crippen molar-refractivity contribution in [2.24, 2.45) is 0 Å². The molecule has 0 spiro atoms. The average Bonchev–Trinajstić information content (AvgIpc) is 2.03. The number of hydrogen-bond acceptors (Lipinski definition) is 1. The second-order valence-corrected chi connectivity index (χ2v) is 3.65. The van der Waals surface area contributed by atoms with Crippen molar-refractivity contribution in [1.82, 2.24) is 4.98 Å². The summed E-state index contributed by atoms with van der Waals surface area (Å²) in [5, 5.41) is 0. The first-order valence-electron chi connectivity index (χ1n) is 3.23. The fourth-order valence-corrected chi connectivity index (χ4v) is 1.45. The van der Waals surface area contributed by atoms with Gasteiger partial charge < -0.3 is 0 Å². The lowest BCUT2D eigenvalue weighted by Gasteiger charge is -2.09. The first-order chi connectivity index (χ1) is 5.95. The van der Waals surface area contributed by atoms with Crippen LogP contribution in [0.25, 0.3) is 0 Å². The van der Waals surface area contributed by atoms with Gasteiger partial charge in [0.25, 0.3) is 0 Å². The number of alkyl halides is 4. The fraction of sp³-hybridized carbons (Fsp3) is 0.286. The van der Waals surface area contributed by atoms with Gasteiger partial charge in [-0.1, -0.05) is 6.07 Å². The quantitative estimate of drug-likeness (QED) is 0.439. The van der Waals surface area contributed by atoms with Crippen LogP contribution >= 0.6 is 34.2 Å². The Kier molecular flexibility index (Phi) is 3.39. The first kappa shape index (κ1) is 11.0. The van der Waals surface area contributed by atoms with E-state index in [-0.39, 0.29) is 11.4 Å². The molecule has 1 aromatic rings. The van der Waals surface area contributed by atoms with Crippen LogP contribution in [0.5, 0.6) is 0 Å². The molecule has 1 nitrogen and oxygen atoms in total. The summed E-state index contributed by atoms with van der Waals surface area (Å²) >= 11 is 7.07. The molecule has 0 saturated heterocycles. The third-order valence-electron chi connectivity index (χ3n) is 1.36. The third-order valence-corrected chi connectivity index (χ3v) is 2.25. The third kappa shape index (κ3) is 2.70. The molecule has 0 bridgehead atoms. The Morgan fingerprint density at radius 2 is 2.00 bits per heavy atom. The fourth-order valence-electron chi connectivity index (χ4n) is 0.817. The molecular formula is C7H4ClF3IN. The Hall–Kier alpha value is -0.0400. The molecule has 0 aliphatic heterocycles. The largest absolute Gasteiger partial charge is 0.433 e. The SMILES string of the molecule is FC(F)(F)c1nc(I)ccc1CCl. The smallest absolute Gasteiger partial charge is 0.237 e. The van der Waals surface area contributed by atoms with Gasteiger partial charge in [0.05, 0.1) is 0 Å². The van der Waals surface area contributed by atoms with Gasteiger partial charge in [0.15, 0.2) is 0 Å². The normalized spacial score (nSPS) is 11.8.